The number of aromatic nitrogens is 1. The van der Waals surface area contributed by atoms with Crippen LogP contribution in [0.5, 0.6) is 5.75 Å². The fraction of sp³-hybridized carbons (Fsp3) is 0.200. The predicted molar refractivity (Wildman–Crippen MR) is 76.0 cm³/mol. The number of esters is 1. The Kier molecular flexibility index (Phi) is 4.62. The van der Waals surface area contributed by atoms with Gasteiger partial charge in [0.15, 0.2) is 0 Å². The number of carbonyl (C=O) groups is 1. The Morgan fingerprint density at radius 3 is 2.71 bits per heavy atom. The summed E-state index contributed by atoms with van der Waals surface area (Å²) in [6.45, 7) is 2.48. The van der Waals surface area contributed by atoms with Crippen molar-refractivity contribution < 1.29 is 13.9 Å². The first kappa shape index (κ1) is 15.1. The first-order valence-electron chi connectivity index (χ1n) is 6.35. The van der Waals surface area contributed by atoms with E-state index in [4.69, 9.17) is 10.6 Å². The van der Waals surface area contributed by atoms with Gasteiger partial charge in [-0.05, 0) is 42.3 Å². The number of benzene rings is 1. The van der Waals surface area contributed by atoms with Gasteiger partial charge in [-0.3, -0.25) is 5.84 Å². The Labute approximate surface area is 122 Å². The number of ether oxygens (including phenoxy) is 1. The predicted octanol–water partition coefficient (Wildman–Crippen LogP) is 2.05. The lowest BCUT2D eigenvalue weighted by atomic mass is 10.1. The van der Waals surface area contributed by atoms with Gasteiger partial charge in [0.2, 0.25) is 5.95 Å². The van der Waals surface area contributed by atoms with E-state index in [1.807, 2.05) is 13.0 Å². The van der Waals surface area contributed by atoms with Gasteiger partial charge in [0.1, 0.15) is 5.75 Å². The van der Waals surface area contributed by atoms with E-state index in [-0.39, 0.29) is 5.75 Å². The van der Waals surface area contributed by atoms with Crippen molar-refractivity contribution in [3.8, 4) is 5.75 Å². The number of aryl methyl sites for hydroxylation is 1. The molecule has 21 heavy (non-hydrogen) atoms. The highest BCUT2D eigenvalue weighted by atomic mass is 19.1. The van der Waals surface area contributed by atoms with Crippen molar-refractivity contribution >= 4 is 5.97 Å². The number of rotatable bonds is 4. The highest BCUT2D eigenvalue weighted by Gasteiger charge is 2.11. The molecular weight excluding hydrogens is 273 g/mol. The standard InChI is InChI=1S/C15H16FN3O2/c1-10-7-11(3-4-12(10)9-19(2)17)15(20)21-13-5-6-14(16)18-8-13/h3-8H,9,17H2,1-2H3. The van der Waals surface area contributed by atoms with E-state index in [9.17, 15) is 9.18 Å². The van der Waals surface area contributed by atoms with Gasteiger partial charge >= 0.3 is 5.97 Å². The third kappa shape index (κ3) is 4.08. The minimum absolute atomic E-state index is 0.199. The molecule has 0 fully saturated rings. The molecule has 5 nitrogen and oxygen atoms in total. The molecule has 1 heterocycles. The smallest absolute Gasteiger partial charge is 0.343 e. The number of hydrazine groups is 1. The van der Waals surface area contributed by atoms with Crippen molar-refractivity contribution in [2.24, 2.45) is 5.84 Å². The first-order chi connectivity index (χ1) is 9.95. The molecule has 2 N–H and O–H groups in total. The molecule has 0 aliphatic heterocycles. The van der Waals surface area contributed by atoms with E-state index in [1.54, 1.807) is 24.2 Å². The summed E-state index contributed by atoms with van der Waals surface area (Å²) < 4.78 is 17.8. The van der Waals surface area contributed by atoms with Gasteiger partial charge in [-0.1, -0.05) is 6.07 Å². The molecule has 0 amide bonds. The van der Waals surface area contributed by atoms with Crippen molar-refractivity contribution in [2.75, 3.05) is 7.05 Å². The van der Waals surface area contributed by atoms with Gasteiger partial charge in [-0.15, -0.1) is 0 Å². The second-order valence-corrected chi connectivity index (χ2v) is 4.76. The second kappa shape index (κ2) is 6.43. The SMILES string of the molecule is Cc1cc(C(=O)Oc2ccc(F)nc2)ccc1CN(C)N. The number of halogens is 1. The Morgan fingerprint density at radius 1 is 1.38 bits per heavy atom. The number of hydrogen-bond acceptors (Lipinski definition) is 5. The molecule has 1 aromatic carbocycles. The van der Waals surface area contributed by atoms with Gasteiger partial charge in [-0.25, -0.2) is 14.8 Å². The average Bonchev–Trinajstić information content (AvgIpc) is 2.43. The second-order valence-electron chi connectivity index (χ2n) is 4.76. The number of nitrogens with zero attached hydrogens (tertiary/aromatic N) is 2. The summed E-state index contributed by atoms with van der Waals surface area (Å²) in [5.74, 6) is 4.67. The van der Waals surface area contributed by atoms with Crippen LogP contribution in [0.4, 0.5) is 4.39 Å². The molecule has 6 heteroatoms. The Morgan fingerprint density at radius 2 is 2.14 bits per heavy atom. The van der Waals surface area contributed by atoms with Crippen LogP contribution in [0.1, 0.15) is 21.5 Å². The van der Waals surface area contributed by atoms with E-state index in [0.29, 0.717) is 12.1 Å². The Balaban J connectivity index is 2.12. The highest BCUT2D eigenvalue weighted by Crippen LogP contribution is 2.15. The van der Waals surface area contributed by atoms with Gasteiger partial charge in [-0.2, -0.15) is 4.39 Å². The molecule has 110 valence electrons. The fourth-order valence-corrected chi connectivity index (χ4v) is 1.86. The van der Waals surface area contributed by atoms with Gasteiger partial charge in [0, 0.05) is 13.6 Å². The molecule has 0 aliphatic carbocycles. The summed E-state index contributed by atoms with van der Waals surface area (Å²) in [7, 11) is 1.77. The van der Waals surface area contributed by atoms with Crippen molar-refractivity contribution in [1.82, 2.24) is 9.99 Å². The maximum Gasteiger partial charge on any atom is 0.343 e. The Bertz CT molecular complexity index is 642. The van der Waals surface area contributed by atoms with Crippen molar-refractivity contribution in [1.29, 1.82) is 0 Å². The van der Waals surface area contributed by atoms with Crippen LogP contribution in [0.3, 0.4) is 0 Å². The monoisotopic (exact) mass is 289 g/mol. The van der Waals surface area contributed by atoms with Crippen molar-refractivity contribution in [3.63, 3.8) is 0 Å². The molecule has 0 saturated carbocycles. The molecule has 0 aliphatic rings. The van der Waals surface area contributed by atoms with E-state index in [2.05, 4.69) is 4.98 Å². The van der Waals surface area contributed by atoms with Crippen molar-refractivity contribution in [3.05, 3.63) is 59.2 Å². The van der Waals surface area contributed by atoms with Crippen LogP contribution in [-0.4, -0.2) is 23.0 Å². The summed E-state index contributed by atoms with van der Waals surface area (Å²) >= 11 is 0. The number of nitrogens with two attached hydrogens (primary N) is 1. The van der Waals surface area contributed by atoms with Gasteiger partial charge in [0.05, 0.1) is 11.8 Å². The van der Waals surface area contributed by atoms with Crippen LogP contribution >= 0.6 is 0 Å². The third-order valence-electron chi connectivity index (χ3n) is 2.91. The molecule has 2 rings (SSSR count). The lowest BCUT2D eigenvalue weighted by Crippen LogP contribution is -2.25. The zero-order valence-electron chi connectivity index (χ0n) is 11.8. The quantitative estimate of drug-likeness (QED) is 0.404. The van der Waals surface area contributed by atoms with Gasteiger partial charge in [0.25, 0.3) is 0 Å². The molecule has 0 atom stereocenters. The maximum atomic E-state index is 12.7. The summed E-state index contributed by atoms with van der Waals surface area (Å²) in [6.07, 6.45) is 1.16. The van der Waals surface area contributed by atoms with E-state index in [0.717, 1.165) is 23.4 Å². The average molecular weight is 289 g/mol. The van der Waals surface area contributed by atoms with E-state index >= 15 is 0 Å². The minimum Gasteiger partial charge on any atom is -0.421 e. The number of carbonyl (C=O) groups excluding carboxylic acids is 1. The lowest BCUT2D eigenvalue weighted by Gasteiger charge is -2.12. The number of pyridine rings is 1. The van der Waals surface area contributed by atoms with Crippen LogP contribution in [0.15, 0.2) is 36.5 Å². The molecule has 0 saturated heterocycles. The zero-order chi connectivity index (χ0) is 15.4. The molecule has 1 aromatic heterocycles. The van der Waals surface area contributed by atoms with Crippen LogP contribution in [0, 0.1) is 12.9 Å². The zero-order valence-corrected chi connectivity index (χ0v) is 11.8. The maximum absolute atomic E-state index is 12.7. The van der Waals surface area contributed by atoms with Crippen LogP contribution in [0.2, 0.25) is 0 Å². The van der Waals surface area contributed by atoms with Crippen LogP contribution < -0.4 is 10.6 Å². The first-order valence-corrected chi connectivity index (χ1v) is 6.35. The third-order valence-corrected chi connectivity index (χ3v) is 2.91. The molecule has 0 unspecified atom stereocenters. The van der Waals surface area contributed by atoms with Crippen LogP contribution in [0.25, 0.3) is 0 Å². The fourth-order valence-electron chi connectivity index (χ4n) is 1.86. The van der Waals surface area contributed by atoms with E-state index < -0.39 is 11.9 Å². The Hall–Kier alpha value is -2.31. The molecule has 0 radical (unpaired) electrons. The topological polar surface area (TPSA) is 68.5 Å². The normalized spacial score (nSPS) is 10.7. The summed E-state index contributed by atoms with van der Waals surface area (Å²) in [4.78, 5) is 15.4. The van der Waals surface area contributed by atoms with Crippen molar-refractivity contribution in [2.45, 2.75) is 13.5 Å². The summed E-state index contributed by atoms with van der Waals surface area (Å²) in [5, 5.41) is 1.56. The lowest BCUT2D eigenvalue weighted by molar-refractivity contribution is 0.0733. The number of hydrogen-bond donors (Lipinski definition) is 1. The van der Waals surface area contributed by atoms with Crippen LogP contribution in [-0.2, 0) is 6.54 Å². The minimum atomic E-state index is -0.624. The molecule has 2 aromatic rings. The molecule has 0 bridgehead atoms. The summed E-state index contributed by atoms with van der Waals surface area (Å²) in [5.41, 5.74) is 2.39. The largest absolute Gasteiger partial charge is 0.421 e. The van der Waals surface area contributed by atoms with E-state index in [1.165, 1.54) is 6.07 Å². The molecule has 0 spiro atoms. The summed E-state index contributed by atoms with van der Waals surface area (Å²) in [6, 6.07) is 7.72. The highest BCUT2D eigenvalue weighted by molar-refractivity contribution is 5.91. The van der Waals surface area contributed by atoms with Gasteiger partial charge < -0.3 is 4.74 Å². The molecular formula is C15H16FN3O2.